The fraction of sp³-hybridized carbons (Fsp3) is 0.333. The van der Waals surface area contributed by atoms with Gasteiger partial charge in [0.15, 0.2) is 0 Å². The Bertz CT molecular complexity index is 550. The quantitative estimate of drug-likeness (QED) is 0.746. The van der Waals surface area contributed by atoms with Gasteiger partial charge in [0.25, 0.3) is 0 Å². The number of halogens is 1. The van der Waals surface area contributed by atoms with Gasteiger partial charge in [0.05, 0.1) is 11.3 Å². The number of hydrogen-bond acceptors (Lipinski definition) is 3. The highest BCUT2D eigenvalue weighted by Crippen LogP contribution is 2.23. The molecule has 2 atom stereocenters. The molecule has 0 saturated carbocycles. The summed E-state index contributed by atoms with van der Waals surface area (Å²) in [5, 5.41) is 13.9. The molecule has 6 nitrogen and oxygen atoms in total. The van der Waals surface area contributed by atoms with Gasteiger partial charge in [0.2, 0.25) is 0 Å². The molecule has 0 radical (unpaired) electrons. The Hall–Kier alpha value is -1.41. The van der Waals surface area contributed by atoms with Gasteiger partial charge in [-0.05, 0) is 41.1 Å². The van der Waals surface area contributed by atoms with Crippen molar-refractivity contribution >= 4 is 44.4 Å². The van der Waals surface area contributed by atoms with Crippen LogP contribution in [0, 0.1) is 0 Å². The van der Waals surface area contributed by atoms with Crippen molar-refractivity contribution in [3.05, 3.63) is 28.2 Å². The summed E-state index contributed by atoms with van der Waals surface area (Å²) in [5.74, 6) is -1.07. The Morgan fingerprint density at radius 2 is 2.10 bits per heavy atom. The van der Waals surface area contributed by atoms with Crippen molar-refractivity contribution in [3.8, 4) is 0 Å². The van der Waals surface area contributed by atoms with Crippen LogP contribution in [0.1, 0.15) is 17.3 Å². The van der Waals surface area contributed by atoms with Crippen LogP contribution in [0.3, 0.4) is 0 Å². The van der Waals surface area contributed by atoms with E-state index >= 15 is 0 Å². The lowest BCUT2D eigenvalue weighted by molar-refractivity contribution is 0.0697. The highest BCUT2D eigenvalue weighted by atomic mass is 79.9. The Kier molecular flexibility index (Phi) is 6.15. The molecule has 110 valence electrons. The number of carbonyl (C=O) groups excluding carboxylic acids is 1. The first-order valence-electron chi connectivity index (χ1n) is 5.71. The van der Waals surface area contributed by atoms with E-state index in [1.165, 1.54) is 12.1 Å². The van der Waals surface area contributed by atoms with Crippen LogP contribution in [0.25, 0.3) is 0 Å². The van der Waals surface area contributed by atoms with Crippen molar-refractivity contribution in [1.29, 1.82) is 0 Å². The molecule has 3 N–H and O–H groups in total. The summed E-state index contributed by atoms with van der Waals surface area (Å²) < 4.78 is 11.7. The van der Waals surface area contributed by atoms with E-state index in [1.807, 2.05) is 0 Å². The van der Waals surface area contributed by atoms with Gasteiger partial charge in [-0.1, -0.05) is 0 Å². The number of amides is 2. The van der Waals surface area contributed by atoms with E-state index in [-0.39, 0.29) is 17.4 Å². The minimum absolute atomic E-state index is 0.0755. The fourth-order valence-corrected chi connectivity index (χ4v) is 1.94. The van der Waals surface area contributed by atoms with Crippen LogP contribution in [0.2, 0.25) is 0 Å². The molecule has 0 aromatic heterocycles. The van der Waals surface area contributed by atoms with Gasteiger partial charge in [0, 0.05) is 33.3 Å². The normalized spacial score (nSPS) is 13.3. The van der Waals surface area contributed by atoms with Gasteiger partial charge < -0.3 is 15.7 Å². The number of aromatic carboxylic acids is 1. The first-order chi connectivity index (χ1) is 9.31. The number of carboxylic acids is 1. The lowest BCUT2D eigenvalue weighted by Gasteiger charge is -2.12. The molecule has 0 spiro atoms. The largest absolute Gasteiger partial charge is 0.478 e. The molecule has 0 aliphatic carbocycles. The first kappa shape index (κ1) is 16.6. The number of benzene rings is 1. The van der Waals surface area contributed by atoms with Crippen molar-refractivity contribution in [2.45, 2.75) is 12.2 Å². The molecule has 0 heterocycles. The maximum Gasteiger partial charge on any atom is 0.335 e. The van der Waals surface area contributed by atoms with E-state index in [9.17, 15) is 13.8 Å². The average Bonchev–Trinajstić information content (AvgIpc) is 2.38. The lowest BCUT2D eigenvalue weighted by atomic mass is 10.2. The number of rotatable bonds is 5. The van der Waals surface area contributed by atoms with Gasteiger partial charge >= 0.3 is 12.0 Å². The van der Waals surface area contributed by atoms with Crippen LogP contribution in [0.15, 0.2) is 22.7 Å². The van der Waals surface area contributed by atoms with Crippen LogP contribution in [0.5, 0.6) is 0 Å². The summed E-state index contributed by atoms with van der Waals surface area (Å²) in [5.41, 5.74) is 0.430. The molecule has 0 saturated heterocycles. The predicted molar refractivity (Wildman–Crippen MR) is 81.7 cm³/mol. The summed E-state index contributed by atoms with van der Waals surface area (Å²) in [6.07, 6.45) is 1.57. The van der Waals surface area contributed by atoms with E-state index < -0.39 is 22.8 Å². The van der Waals surface area contributed by atoms with Crippen LogP contribution in [-0.2, 0) is 10.8 Å². The van der Waals surface area contributed by atoms with Crippen molar-refractivity contribution in [1.82, 2.24) is 5.32 Å². The molecule has 0 aliphatic heterocycles. The van der Waals surface area contributed by atoms with Crippen molar-refractivity contribution < 1.29 is 18.9 Å². The van der Waals surface area contributed by atoms with Gasteiger partial charge in [-0.3, -0.25) is 4.21 Å². The number of carbonyl (C=O) groups is 2. The monoisotopic (exact) mass is 362 g/mol. The first-order valence-corrected chi connectivity index (χ1v) is 8.12. The maximum absolute atomic E-state index is 11.7. The zero-order chi connectivity index (χ0) is 15.3. The van der Waals surface area contributed by atoms with Gasteiger partial charge in [0.1, 0.15) is 0 Å². The molecule has 2 amide bonds. The minimum atomic E-state index is -1.07. The summed E-state index contributed by atoms with van der Waals surface area (Å²) in [7, 11) is -1.02. The Morgan fingerprint density at radius 3 is 2.65 bits per heavy atom. The molecule has 0 bridgehead atoms. The zero-order valence-corrected chi connectivity index (χ0v) is 13.4. The maximum atomic E-state index is 11.7. The summed E-state index contributed by atoms with van der Waals surface area (Å²) >= 11 is 3.23. The van der Waals surface area contributed by atoms with Crippen LogP contribution in [0.4, 0.5) is 10.5 Å². The highest BCUT2D eigenvalue weighted by Gasteiger charge is 2.11. The van der Waals surface area contributed by atoms with E-state index in [1.54, 1.807) is 19.2 Å². The zero-order valence-electron chi connectivity index (χ0n) is 11.0. The standard InChI is InChI=1S/C12H15BrN2O4S/c1-7(20(2)19)6-14-12(18)15-10-5-8(11(16)17)3-4-9(10)13/h3-5,7H,6H2,1-2H3,(H,16,17)(H2,14,15,18). The Balaban J connectivity index is 2.68. The summed E-state index contributed by atoms with van der Waals surface area (Å²) in [4.78, 5) is 22.5. The number of urea groups is 1. The highest BCUT2D eigenvalue weighted by molar-refractivity contribution is 9.10. The van der Waals surface area contributed by atoms with E-state index in [0.29, 0.717) is 10.2 Å². The second-order valence-corrected chi connectivity index (χ2v) is 6.80. The lowest BCUT2D eigenvalue weighted by Crippen LogP contribution is -2.35. The summed E-state index contributed by atoms with van der Waals surface area (Å²) in [6, 6.07) is 3.85. The van der Waals surface area contributed by atoms with E-state index in [4.69, 9.17) is 5.11 Å². The number of nitrogens with one attached hydrogen (secondary N) is 2. The second kappa shape index (κ2) is 7.39. The smallest absolute Gasteiger partial charge is 0.335 e. The van der Waals surface area contributed by atoms with Crippen molar-refractivity contribution in [2.24, 2.45) is 0 Å². The molecular formula is C12H15BrN2O4S. The SMILES string of the molecule is CC(CNC(=O)Nc1cc(C(=O)O)ccc1Br)S(C)=O. The second-order valence-electron chi connectivity index (χ2n) is 4.14. The molecule has 1 aromatic carbocycles. The number of anilines is 1. The van der Waals surface area contributed by atoms with Crippen LogP contribution in [-0.4, -0.2) is 39.4 Å². The molecule has 1 aromatic rings. The third-order valence-corrected chi connectivity index (χ3v) is 4.57. The van der Waals surface area contributed by atoms with Crippen molar-refractivity contribution in [3.63, 3.8) is 0 Å². The molecule has 2 unspecified atom stereocenters. The van der Waals surface area contributed by atoms with Crippen molar-refractivity contribution in [2.75, 3.05) is 18.1 Å². The molecule has 1 rings (SSSR count). The summed E-state index contributed by atoms with van der Waals surface area (Å²) in [6.45, 7) is 2.03. The molecule has 8 heteroatoms. The molecule has 0 fully saturated rings. The third-order valence-electron chi connectivity index (χ3n) is 2.58. The van der Waals surface area contributed by atoms with Gasteiger partial charge in [-0.15, -0.1) is 0 Å². The van der Waals surface area contributed by atoms with E-state index in [0.717, 1.165) is 0 Å². The predicted octanol–water partition coefficient (Wildman–Crippen LogP) is 2.04. The van der Waals surface area contributed by atoms with Crippen LogP contribution >= 0.6 is 15.9 Å². The Labute approximate surface area is 127 Å². The minimum Gasteiger partial charge on any atom is -0.478 e. The van der Waals surface area contributed by atoms with Gasteiger partial charge in [-0.25, -0.2) is 9.59 Å². The number of carboxylic acid groups (broad SMARTS) is 1. The third kappa shape index (κ3) is 4.93. The number of hydrogen-bond donors (Lipinski definition) is 3. The molecular weight excluding hydrogens is 348 g/mol. The van der Waals surface area contributed by atoms with E-state index in [2.05, 4.69) is 26.6 Å². The molecule has 0 aliphatic rings. The molecule has 20 heavy (non-hydrogen) atoms. The fourth-order valence-electron chi connectivity index (χ4n) is 1.27. The van der Waals surface area contributed by atoms with Crippen LogP contribution < -0.4 is 10.6 Å². The average molecular weight is 363 g/mol. The topological polar surface area (TPSA) is 95.5 Å². The Morgan fingerprint density at radius 1 is 1.45 bits per heavy atom. The van der Waals surface area contributed by atoms with Gasteiger partial charge in [-0.2, -0.15) is 0 Å².